The summed E-state index contributed by atoms with van der Waals surface area (Å²) in [6.07, 6.45) is 3.61. The van der Waals surface area contributed by atoms with Crippen LogP contribution in [0, 0.1) is 5.41 Å². The monoisotopic (exact) mass is 323 g/mol. The number of methoxy groups -OCH3 is 1. The molecule has 0 saturated carbocycles. The average molecular weight is 323 g/mol. The molecule has 0 atom stereocenters. The van der Waals surface area contributed by atoms with Crippen LogP contribution in [0.3, 0.4) is 0 Å². The van der Waals surface area contributed by atoms with Crippen molar-refractivity contribution in [2.45, 2.75) is 12.8 Å². The summed E-state index contributed by atoms with van der Waals surface area (Å²) in [4.78, 5) is 12.2. The number of nitrogens with two attached hydrogens (primary N) is 1. The number of carbonyl (C=O) groups excluding carboxylic acids is 1. The van der Waals surface area contributed by atoms with Crippen molar-refractivity contribution >= 4 is 23.4 Å². The quantitative estimate of drug-likeness (QED) is 0.684. The summed E-state index contributed by atoms with van der Waals surface area (Å²) in [5.74, 6) is 0.452. The number of ether oxygens (including phenoxy) is 1. The van der Waals surface area contributed by atoms with Crippen molar-refractivity contribution in [1.29, 1.82) is 5.41 Å². The van der Waals surface area contributed by atoms with Gasteiger partial charge in [-0.15, -0.1) is 0 Å². The molecule has 2 rings (SSSR count). The van der Waals surface area contributed by atoms with Gasteiger partial charge in [-0.05, 0) is 29.7 Å². The Morgan fingerprint density at radius 1 is 1.25 bits per heavy atom. The highest BCUT2D eigenvalue weighted by atomic mass is 16.5. The standard InChI is InChI=1S/C19H21N3O2/c1-24-18-11-15(16(12-20)13-21)8-9-17(18)22-19(23)10-7-14-5-3-2-4-6-14/h2-6,8-9,11-13,20H,7,10,21H2,1H3,(H,22,23)/b16-13+,20-12?. The van der Waals surface area contributed by atoms with E-state index in [0.29, 0.717) is 29.9 Å². The van der Waals surface area contributed by atoms with Crippen molar-refractivity contribution < 1.29 is 9.53 Å². The minimum atomic E-state index is -0.0773. The second kappa shape index (κ2) is 8.53. The van der Waals surface area contributed by atoms with Crippen LogP contribution in [-0.4, -0.2) is 19.2 Å². The second-order valence-electron chi connectivity index (χ2n) is 5.22. The fourth-order valence-electron chi connectivity index (χ4n) is 2.32. The van der Waals surface area contributed by atoms with Gasteiger partial charge in [-0.25, -0.2) is 0 Å². The van der Waals surface area contributed by atoms with E-state index < -0.39 is 0 Å². The van der Waals surface area contributed by atoms with Crippen LogP contribution in [0.2, 0.25) is 0 Å². The highest BCUT2D eigenvalue weighted by molar-refractivity contribution is 6.08. The van der Waals surface area contributed by atoms with Gasteiger partial charge in [0.25, 0.3) is 0 Å². The number of hydrogen-bond donors (Lipinski definition) is 3. The minimum Gasteiger partial charge on any atom is -0.495 e. The molecular weight excluding hydrogens is 302 g/mol. The topological polar surface area (TPSA) is 88.2 Å². The molecule has 0 aliphatic heterocycles. The third-order valence-electron chi connectivity index (χ3n) is 3.63. The maximum Gasteiger partial charge on any atom is 0.224 e. The molecule has 5 heteroatoms. The number of carbonyl (C=O) groups is 1. The zero-order valence-electron chi connectivity index (χ0n) is 13.6. The van der Waals surface area contributed by atoms with Gasteiger partial charge < -0.3 is 21.2 Å². The maximum atomic E-state index is 12.2. The lowest BCUT2D eigenvalue weighted by Crippen LogP contribution is -2.13. The molecular formula is C19H21N3O2. The molecule has 0 radical (unpaired) electrons. The van der Waals surface area contributed by atoms with Gasteiger partial charge in [0.2, 0.25) is 5.91 Å². The summed E-state index contributed by atoms with van der Waals surface area (Å²) in [7, 11) is 1.54. The highest BCUT2D eigenvalue weighted by Gasteiger charge is 2.10. The van der Waals surface area contributed by atoms with Gasteiger partial charge in [-0.3, -0.25) is 4.79 Å². The lowest BCUT2D eigenvalue weighted by Gasteiger charge is -2.12. The first-order valence-corrected chi connectivity index (χ1v) is 7.62. The normalized spacial score (nSPS) is 11.0. The number of nitrogens with one attached hydrogen (secondary N) is 2. The summed E-state index contributed by atoms with van der Waals surface area (Å²) in [6, 6.07) is 15.2. The number of allylic oxidation sites excluding steroid dienone is 1. The van der Waals surface area contributed by atoms with E-state index in [1.807, 2.05) is 30.3 Å². The van der Waals surface area contributed by atoms with Crippen LogP contribution in [0.4, 0.5) is 5.69 Å². The molecule has 0 aliphatic carbocycles. The third-order valence-corrected chi connectivity index (χ3v) is 3.63. The lowest BCUT2D eigenvalue weighted by molar-refractivity contribution is -0.116. The molecule has 0 fully saturated rings. The zero-order valence-corrected chi connectivity index (χ0v) is 13.6. The van der Waals surface area contributed by atoms with E-state index in [9.17, 15) is 4.79 Å². The fourth-order valence-corrected chi connectivity index (χ4v) is 2.32. The average Bonchev–Trinajstić information content (AvgIpc) is 2.63. The predicted octanol–water partition coefficient (Wildman–Crippen LogP) is 3.22. The van der Waals surface area contributed by atoms with Gasteiger partial charge in [0.1, 0.15) is 5.75 Å². The Bertz CT molecular complexity index is 740. The van der Waals surface area contributed by atoms with E-state index in [2.05, 4.69) is 5.32 Å². The predicted molar refractivity (Wildman–Crippen MR) is 97.3 cm³/mol. The van der Waals surface area contributed by atoms with Crippen molar-refractivity contribution in [3.05, 3.63) is 65.9 Å². The molecule has 124 valence electrons. The van der Waals surface area contributed by atoms with Crippen LogP contribution in [0.5, 0.6) is 5.75 Å². The Kier molecular flexibility index (Phi) is 6.14. The summed E-state index contributed by atoms with van der Waals surface area (Å²) >= 11 is 0. The number of rotatable bonds is 7. The Hall–Kier alpha value is -3.08. The van der Waals surface area contributed by atoms with Gasteiger partial charge >= 0.3 is 0 Å². The summed E-state index contributed by atoms with van der Waals surface area (Å²) in [5.41, 5.74) is 8.55. The van der Waals surface area contributed by atoms with Crippen molar-refractivity contribution in [3.8, 4) is 5.75 Å². The smallest absolute Gasteiger partial charge is 0.224 e. The molecule has 2 aromatic rings. The molecule has 0 aliphatic rings. The molecule has 5 nitrogen and oxygen atoms in total. The number of benzene rings is 2. The van der Waals surface area contributed by atoms with Crippen molar-refractivity contribution in [2.24, 2.45) is 5.73 Å². The molecule has 0 saturated heterocycles. The van der Waals surface area contributed by atoms with Crippen LogP contribution in [0.25, 0.3) is 5.57 Å². The fraction of sp³-hybridized carbons (Fsp3) is 0.158. The van der Waals surface area contributed by atoms with E-state index in [4.69, 9.17) is 15.9 Å². The van der Waals surface area contributed by atoms with Gasteiger partial charge in [-0.1, -0.05) is 36.4 Å². The Balaban J connectivity index is 2.06. The Labute approximate surface area is 141 Å². The third kappa shape index (κ3) is 4.46. The second-order valence-corrected chi connectivity index (χ2v) is 5.22. The first-order chi connectivity index (χ1) is 11.7. The largest absolute Gasteiger partial charge is 0.495 e. The van der Waals surface area contributed by atoms with Gasteiger partial charge in [-0.2, -0.15) is 0 Å². The summed E-state index contributed by atoms with van der Waals surface area (Å²) in [5, 5.41) is 10.2. The van der Waals surface area contributed by atoms with Crippen LogP contribution >= 0.6 is 0 Å². The van der Waals surface area contributed by atoms with Crippen molar-refractivity contribution in [3.63, 3.8) is 0 Å². The van der Waals surface area contributed by atoms with E-state index in [1.165, 1.54) is 19.5 Å². The van der Waals surface area contributed by atoms with Crippen molar-refractivity contribution in [2.75, 3.05) is 12.4 Å². The van der Waals surface area contributed by atoms with E-state index in [1.54, 1.807) is 18.2 Å². The highest BCUT2D eigenvalue weighted by Crippen LogP contribution is 2.28. The van der Waals surface area contributed by atoms with Gasteiger partial charge in [0.15, 0.2) is 0 Å². The Morgan fingerprint density at radius 2 is 2.00 bits per heavy atom. The molecule has 1 amide bonds. The van der Waals surface area contributed by atoms with Crippen LogP contribution in [0.1, 0.15) is 17.5 Å². The number of amides is 1. The van der Waals surface area contributed by atoms with Crippen molar-refractivity contribution in [1.82, 2.24) is 0 Å². The van der Waals surface area contributed by atoms with E-state index in [0.717, 1.165) is 11.1 Å². The van der Waals surface area contributed by atoms with Crippen LogP contribution < -0.4 is 15.8 Å². The summed E-state index contributed by atoms with van der Waals surface area (Å²) < 4.78 is 5.33. The molecule has 0 aromatic heterocycles. The van der Waals surface area contributed by atoms with Gasteiger partial charge in [0.05, 0.1) is 12.8 Å². The summed E-state index contributed by atoms with van der Waals surface area (Å²) in [6.45, 7) is 0. The molecule has 0 bridgehead atoms. The molecule has 24 heavy (non-hydrogen) atoms. The minimum absolute atomic E-state index is 0.0773. The van der Waals surface area contributed by atoms with Crippen LogP contribution in [-0.2, 0) is 11.2 Å². The zero-order chi connectivity index (χ0) is 17.4. The first-order valence-electron chi connectivity index (χ1n) is 7.62. The van der Waals surface area contributed by atoms with Crippen LogP contribution in [0.15, 0.2) is 54.7 Å². The molecule has 0 spiro atoms. The number of hydrogen-bond acceptors (Lipinski definition) is 4. The van der Waals surface area contributed by atoms with E-state index >= 15 is 0 Å². The lowest BCUT2D eigenvalue weighted by atomic mass is 10.1. The SMILES string of the molecule is COc1cc(/C(C=N)=C/N)ccc1NC(=O)CCc1ccccc1. The van der Waals surface area contributed by atoms with E-state index in [-0.39, 0.29) is 5.91 Å². The molecule has 2 aromatic carbocycles. The molecule has 0 heterocycles. The molecule has 4 N–H and O–H groups in total. The first kappa shape index (κ1) is 17.3. The van der Waals surface area contributed by atoms with Gasteiger partial charge in [0, 0.05) is 24.4 Å². The molecule has 0 unspecified atom stereocenters. The maximum absolute atomic E-state index is 12.2. The number of anilines is 1. The Morgan fingerprint density at radius 3 is 2.62 bits per heavy atom. The number of aryl methyl sites for hydroxylation is 1.